The number of hydrogen-bond donors (Lipinski definition) is 2. The molecule has 0 spiro atoms. The molecule has 0 aliphatic rings. The van der Waals surface area contributed by atoms with Crippen molar-refractivity contribution in [2.24, 2.45) is 0 Å². The highest BCUT2D eigenvalue weighted by atomic mass is 32.2. The second-order valence-electron chi connectivity index (χ2n) is 4.86. The maximum Gasteiger partial charge on any atom is 0.257 e. The molecular formula is C15H17N3O3S. The van der Waals surface area contributed by atoms with E-state index in [0.717, 1.165) is 5.56 Å². The molecule has 2 aromatic rings. The topological polar surface area (TPSA) is 88.2 Å². The molecule has 2 rings (SSSR count). The number of aromatic nitrogens is 1. The van der Waals surface area contributed by atoms with E-state index in [0.29, 0.717) is 16.9 Å². The van der Waals surface area contributed by atoms with Crippen molar-refractivity contribution >= 4 is 21.7 Å². The number of nitrogens with one attached hydrogen (secondary N) is 2. The van der Waals surface area contributed by atoms with Gasteiger partial charge in [0, 0.05) is 11.8 Å². The Morgan fingerprint density at radius 3 is 2.45 bits per heavy atom. The molecule has 0 bridgehead atoms. The number of benzene rings is 1. The molecule has 0 atom stereocenters. The molecular weight excluding hydrogens is 302 g/mol. The molecule has 0 saturated heterocycles. The minimum absolute atomic E-state index is 0.0441. The van der Waals surface area contributed by atoms with Crippen LogP contribution < -0.4 is 10.0 Å². The molecule has 2 N–H and O–H groups in total. The van der Waals surface area contributed by atoms with Crippen LogP contribution in [0.3, 0.4) is 0 Å². The smallest absolute Gasteiger partial charge is 0.257 e. The summed E-state index contributed by atoms with van der Waals surface area (Å²) in [7, 11) is -2.27. The van der Waals surface area contributed by atoms with Gasteiger partial charge in [0.1, 0.15) is 5.82 Å². The van der Waals surface area contributed by atoms with Crippen LogP contribution in [0.25, 0.3) is 0 Å². The maximum absolute atomic E-state index is 12.3. The highest BCUT2D eigenvalue weighted by molar-refractivity contribution is 7.89. The third-order valence-electron chi connectivity index (χ3n) is 3.19. The lowest BCUT2D eigenvalue weighted by Gasteiger charge is -2.10. The van der Waals surface area contributed by atoms with Crippen LogP contribution in [0.4, 0.5) is 5.82 Å². The summed E-state index contributed by atoms with van der Waals surface area (Å²) in [6.07, 6.45) is 1.64. The summed E-state index contributed by atoms with van der Waals surface area (Å²) >= 11 is 0. The molecule has 0 saturated carbocycles. The standard InChI is InChI=1S/C15H17N3O3S/c1-10-4-7-14(17-9-10)18-15(19)13-8-12(6-5-11(13)2)22(20,21)16-3/h4-9,16H,1-3H3,(H,17,18,19). The largest absolute Gasteiger partial charge is 0.307 e. The number of rotatable bonds is 4. The second kappa shape index (κ2) is 6.25. The van der Waals surface area contributed by atoms with Crippen LogP contribution in [-0.4, -0.2) is 26.4 Å². The number of nitrogens with zero attached hydrogens (tertiary/aromatic N) is 1. The summed E-state index contributed by atoms with van der Waals surface area (Å²) in [4.78, 5) is 16.5. The molecule has 0 radical (unpaired) electrons. The third-order valence-corrected chi connectivity index (χ3v) is 4.60. The summed E-state index contributed by atoms with van der Waals surface area (Å²) < 4.78 is 25.9. The summed E-state index contributed by atoms with van der Waals surface area (Å²) in [6.45, 7) is 3.64. The first-order valence-corrected chi connectivity index (χ1v) is 8.10. The minimum atomic E-state index is -3.60. The Labute approximate surface area is 129 Å². The predicted octanol–water partition coefficient (Wildman–Crippen LogP) is 1.86. The quantitative estimate of drug-likeness (QED) is 0.900. The number of aryl methyl sites for hydroxylation is 2. The van der Waals surface area contributed by atoms with E-state index in [-0.39, 0.29) is 4.90 Å². The Kier molecular flexibility index (Phi) is 4.58. The zero-order valence-electron chi connectivity index (χ0n) is 12.5. The van der Waals surface area contributed by atoms with Gasteiger partial charge in [0.15, 0.2) is 0 Å². The van der Waals surface area contributed by atoms with Gasteiger partial charge >= 0.3 is 0 Å². The molecule has 0 aliphatic heterocycles. The van der Waals surface area contributed by atoms with Crippen LogP contribution in [0.2, 0.25) is 0 Å². The summed E-state index contributed by atoms with van der Waals surface area (Å²) in [5.41, 5.74) is 1.95. The van der Waals surface area contributed by atoms with Gasteiger partial charge in [0.25, 0.3) is 5.91 Å². The average molecular weight is 319 g/mol. The lowest BCUT2D eigenvalue weighted by Crippen LogP contribution is -2.20. The number of pyridine rings is 1. The Morgan fingerprint density at radius 2 is 1.86 bits per heavy atom. The van der Waals surface area contributed by atoms with Gasteiger partial charge in [0.05, 0.1) is 4.90 Å². The molecule has 0 fully saturated rings. The van der Waals surface area contributed by atoms with E-state index in [9.17, 15) is 13.2 Å². The predicted molar refractivity (Wildman–Crippen MR) is 84.4 cm³/mol. The fraction of sp³-hybridized carbons (Fsp3) is 0.200. The number of carbonyl (C=O) groups excluding carboxylic acids is 1. The molecule has 1 aromatic heterocycles. The molecule has 1 aromatic carbocycles. The molecule has 1 amide bonds. The average Bonchev–Trinajstić information content (AvgIpc) is 2.49. The second-order valence-corrected chi connectivity index (χ2v) is 6.75. The SMILES string of the molecule is CNS(=O)(=O)c1ccc(C)c(C(=O)Nc2ccc(C)cn2)c1. The van der Waals surface area contributed by atoms with Crippen molar-refractivity contribution in [1.29, 1.82) is 0 Å². The summed E-state index contributed by atoms with van der Waals surface area (Å²) in [5.74, 6) is 0.0129. The summed E-state index contributed by atoms with van der Waals surface area (Å²) in [6, 6.07) is 7.93. The van der Waals surface area contributed by atoms with E-state index >= 15 is 0 Å². The van der Waals surface area contributed by atoms with Crippen molar-refractivity contribution in [3.05, 3.63) is 53.2 Å². The number of carbonyl (C=O) groups is 1. The molecule has 22 heavy (non-hydrogen) atoms. The molecule has 0 aliphatic carbocycles. The molecule has 116 valence electrons. The van der Waals surface area contributed by atoms with Crippen LogP contribution in [0.5, 0.6) is 0 Å². The fourth-order valence-corrected chi connectivity index (χ4v) is 2.61. The minimum Gasteiger partial charge on any atom is -0.307 e. The number of anilines is 1. The van der Waals surface area contributed by atoms with Gasteiger partial charge in [0.2, 0.25) is 10.0 Å². The van der Waals surface area contributed by atoms with E-state index < -0.39 is 15.9 Å². The molecule has 0 unspecified atom stereocenters. The third kappa shape index (κ3) is 3.49. The maximum atomic E-state index is 12.3. The summed E-state index contributed by atoms with van der Waals surface area (Å²) in [5, 5.41) is 2.66. The lowest BCUT2D eigenvalue weighted by atomic mass is 10.1. The van der Waals surface area contributed by atoms with Crippen molar-refractivity contribution in [3.8, 4) is 0 Å². The Bertz CT molecular complexity index is 799. The number of hydrogen-bond acceptors (Lipinski definition) is 4. The van der Waals surface area contributed by atoms with Crippen LogP contribution in [0, 0.1) is 13.8 Å². The number of amides is 1. The van der Waals surface area contributed by atoms with Crippen molar-refractivity contribution in [2.45, 2.75) is 18.7 Å². The normalized spacial score (nSPS) is 11.2. The monoisotopic (exact) mass is 319 g/mol. The Morgan fingerprint density at radius 1 is 1.14 bits per heavy atom. The van der Waals surface area contributed by atoms with Crippen molar-refractivity contribution < 1.29 is 13.2 Å². The van der Waals surface area contributed by atoms with Crippen LogP contribution >= 0.6 is 0 Å². The first-order valence-electron chi connectivity index (χ1n) is 6.61. The van der Waals surface area contributed by atoms with E-state index in [1.807, 2.05) is 13.0 Å². The molecule has 7 heteroatoms. The fourth-order valence-electron chi connectivity index (χ4n) is 1.86. The highest BCUT2D eigenvalue weighted by Crippen LogP contribution is 2.17. The van der Waals surface area contributed by atoms with E-state index in [4.69, 9.17) is 0 Å². The first-order chi connectivity index (χ1) is 10.3. The van der Waals surface area contributed by atoms with Crippen molar-refractivity contribution in [1.82, 2.24) is 9.71 Å². The van der Waals surface area contributed by atoms with Gasteiger partial charge in [-0.05, 0) is 50.2 Å². The highest BCUT2D eigenvalue weighted by Gasteiger charge is 2.16. The molecule has 6 nitrogen and oxygen atoms in total. The first kappa shape index (κ1) is 16.1. The van der Waals surface area contributed by atoms with Gasteiger partial charge in [-0.2, -0.15) is 0 Å². The number of sulfonamides is 1. The lowest BCUT2D eigenvalue weighted by molar-refractivity contribution is 0.102. The van der Waals surface area contributed by atoms with E-state index in [1.165, 1.54) is 19.2 Å². The van der Waals surface area contributed by atoms with Crippen molar-refractivity contribution in [3.63, 3.8) is 0 Å². The van der Waals surface area contributed by atoms with Gasteiger partial charge in [-0.25, -0.2) is 18.1 Å². The van der Waals surface area contributed by atoms with Crippen LogP contribution in [0.15, 0.2) is 41.4 Å². The van der Waals surface area contributed by atoms with Gasteiger partial charge in [-0.3, -0.25) is 4.79 Å². The van der Waals surface area contributed by atoms with Gasteiger partial charge in [-0.15, -0.1) is 0 Å². The van der Waals surface area contributed by atoms with Gasteiger partial charge < -0.3 is 5.32 Å². The van der Waals surface area contributed by atoms with E-state index in [1.54, 1.807) is 25.3 Å². The van der Waals surface area contributed by atoms with E-state index in [2.05, 4.69) is 15.0 Å². The Balaban J connectivity index is 2.33. The van der Waals surface area contributed by atoms with Crippen LogP contribution in [-0.2, 0) is 10.0 Å². The molecule has 1 heterocycles. The zero-order valence-corrected chi connectivity index (χ0v) is 13.4. The zero-order chi connectivity index (χ0) is 16.3. The van der Waals surface area contributed by atoms with Crippen molar-refractivity contribution in [2.75, 3.05) is 12.4 Å². The van der Waals surface area contributed by atoms with Gasteiger partial charge in [-0.1, -0.05) is 12.1 Å². The van der Waals surface area contributed by atoms with Crippen LogP contribution in [0.1, 0.15) is 21.5 Å². The Hall–Kier alpha value is -2.25.